The molecule has 0 atom stereocenters. The number of rotatable bonds is 4. The van der Waals surface area contributed by atoms with Crippen LogP contribution in [0, 0.1) is 0 Å². The van der Waals surface area contributed by atoms with E-state index in [2.05, 4.69) is 5.32 Å². The SMILES string of the molecule is O=CC=CNCC(=O)O. The standard InChI is InChI=1S/C5H7NO3/c7-3-1-2-6-4-5(8)9/h1-3,6H,4H2,(H,8,9). The largest absolute Gasteiger partial charge is 0.480 e. The van der Waals surface area contributed by atoms with Gasteiger partial charge in [0, 0.05) is 6.20 Å². The molecular formula is C5H7NO3. The van der Waals surface area contributed by atoms with Crippen molar-refractivity contribution in [2.45, 2.75) is 0 Å². The molecule has 2 N–H and O–H groups in total. The Balaban J connectivity index is 3.19. The van der Waals surface area contributed by atoms with Crippen LogP contribution in [0.15, 0.2) is 12.3 Å². The van der Waals surface area contributed by atoms with E-state index in [-0.39, 0.29) is 6.54 Å². The van der Waals surface area contributed by atoms with Crippen LogP contribution in [0.25, 0.3) is 0 Å². The van der Waals surface area contributed by atoms with E-state index < -0.39 is 5.97 Å². The molecule has 0 aliphatic rings. The molecule has 0 amide bonds. The highest BCUT2D eigenvalue weighted by atomic mass is 16.4. The summed E-state index contributed by atoms with van der Waals surface area (Å²) in [6.45, 7) is -0.162. The van der Waals surface area contributed by atoms with Crippen LogP contribution in [-0.4, -0.2) is 23.9 Å². The first-order valence-corrected chi connectivity index (χ1v) is 2.33. The van der Waals surface area contributed by atoms with E-state index in [9.17, 15) is 9.59 Å². The number of carboxylic acid groups (broad SMARTS) is 1. The van der Waals surface area contributed by atoms with Gasteiger partial charge in [0.1, 0.15) is 12.8 Å². The summed E-state index contributed by atoms with van der Waals surface area (Å²) in [7, 11) is 0. The van der Waals surface area contributed by atoms with Gasteiger partial charge in [-0.3, -0.25) is 9.59 Å². The summed E-state index contributed by atoms with van der Waals surface area (Å²) < 4.78 is 0. The van der Waals surface area contributed by atoms with Crippen molar-refractivity contribution < 1.29 is 14.7 Å². The first-order chi connectivity index (χ1) is 4.27. The molecule has 0 radical (unpaired) electrons. The fourth-order valence-corrected chi connectivity index (χ4v) is 0.254. The normalized spacial score (nSPS) is 9.33. The molecule has 0 rings (SSSR count). The average Bonchev–Trinajstić information content (AvgIpc) is 1.80. The average molecular weight is 129 g/mol. The zero-order valence-corrected chi connectivity index (χ0v) is 4.70. The highest BCUT2D eigenvalue weighted by molar-refractivity contribution is 5.69. The van der Waals surface area contributed by atoms with Crippen molar-refractivity contribution in [3.63, 3.8) is 0 Å². The third kappa shape index (κ3) is 6.68. The number of hydrogen-bond donors (Lipinski definition) is 2. The van der Waals surface area contributed by atoms with Crippen LogP contribution in [-0.2, 0) is 9.59 Å². The zero-order valence-electron chi connectivity index (χ0n) is 4.70. The van der Waals surface area contributed by atoms with Crippen molar-refractivity contribution in [3.8, 4) is 0 Å². The molecule has 0 saturated heterocycles. The third-order valence-electron chi connectivity index (χ3n) is 0.546. The second kappa shape index (κ2) is 4.83. The predicted octanol–water partition coefficient (Wildman–Crippen LogP) is -0.627. The fourth-order valence-electron chi connectivity index (χ4n) is 0.254. The van der Waals surface area contributed by atoms with Gasteiger partial charge in [-0.05, 0) is 6.08 Å². The Bertz CT molecular complexity index is 130. The van der Waals surface area contributed by atoms with Crippen LogP contribution >= 0.6 is 0 Å². The third-order valence-corrected chi connectivity index (χ3v) is 0.546. The molecule has 4 heteroatoms. The lowest BCUT2D eigenvalue weighted by Gasteiger charge is -1.89. The Morgan fingerprint density at radius 1 is 1.67 bits per heavy atom. The molecular weight excluding hydrogens is 122 g/mol. The van der Waals surface area contributed by atoms with E-state index in [1.54, 1.807) is 0 Å². The molecule has 0 bridgehead atoms. The van der Waals surface area contributed by atoms with Gasteiger partial charge < -0.3 is 10.4 Å². The Morgan fingerprint density at radius 3 is 2.78 bits per heavy atom. The summed E-state index contributed by atoms with van der Waals surface area (Å²) in [6, 6.07) is 0. The molecule has 0 saturated carbocycles. The number of aldehydes is 1. The number of allylic oxidation sites excluding steroid dienone is 1. The monoisotopic (exact) mass is 129 g/mol. The number of carboxylic acids is 1. The molecule has 4 nitrogen and oxygen atoms in total. The smallest absolute Gasteiger partial charge is 0.322 e. The molecule has 0 aromatic heterocycles. The highest BCUT2D eigenvalue weighted by Crippen LogP contribution is 1.61. The van der Waals surface area contributed by atoms with Gasteiger partial charge in [0.25, 0.3) is 0 Å². The lowest BCUT2D eigenvalue weighted by atomic mass is 10.6. The maximum absolute atomic E-state index is 9.78. The van der Waals surface area contributed by atoms with Gasteiger partial charge in [-0.1, -0.05) is 0 Å². The summed E-state index contributed by atoms with van der Waals surface area (Å²) in [5.74, 6) is -0.953. The lowest BCUT2D eigenvalue weighted by molar-refractivity contribution is -0.135. The zero-order chi connectivity index (χ0) is 7.11. The van der Waals surface area contributed by atoms with Gasteiger partial charge in [-0.25, -0.2) is 0 Å². The van der Waals surface area contributed by atoms with Crippen LogP contribution in [0.4, 0.5) is 0 Å². The summed E-state index contributed by atoms with van der Waals surface area (Å²) in [5, 5.41) is 10.4. The molecule has 0 fully saturated rings. The Labute approximate surface area is 52.2 Å². The minimum absolute atomic E-state index is 0.162. The van der Waals surface area contributed by atoms with Crippen LogP contribution < -0.4 is 5.32 Å². The van der Waals surface area contributed by atoms with Crippen molar-refractivity contribution >= 4 is 12.3 Å². The summed E-state index contributed by atoms with van der Waals surface area (Å²) in [5.41, 5.74) is 0. The fraction of sp³-hybridized carbons (Fsp3) is 0.200. The van der Waals surface area contributed by atoms with Gasteiger partial charge in [-0.2, -0.15) is 0 Å². The van der Waals surface area contributed by atoms with E-state index in [4.69, 9.17) is 5.11 Å². The molecule has 0 heterocycles. The first-order valence-electron chi connectivity index (χ1n) is 2.33. The van der Waals surface area contributed by atoms with Crippen molar-refractivity contribution in [1.82, 2.24) is 5.32 Å². The minimum Gasteiger partial charge on any atom is -0.480 e. The van der Waals surface area contributed by atoms with Crippen molar-refractivity contribution in [3.05, 3.63) is 12.3 Å². The van der Waals surface area contributed by atoms with Gasteiger partial charge in [0.2, 0.25) is 0 Å². The van der Waals surface area contributed by atoms with Crippen molar-refractivity contribution in [1.29, 1.82) is 0 Å². The quantitative estimate of drug-likeness (QED) is 0.392. The number of carbonyl (C=O) groups excluding carboxylic acids is 1. The topological polar surface area (TPSA) is 66.4 Å². The van der Waals surface area contributed by atoms with Crippen molar-refractivity contribution in [2.24, 2.45) is 0 Å². The van der Waals surface area contributed by atoms with Crippen LogP contribution in [0.1, 0.15) is 0 Å². The molecule has 0 spiro atoms. The molecule has 0 aromatic carbocycles. The van der Waals surface area contributed by atoms with E-state index in [1.165, 1.54) is 12.3 Å². The molecule has 0 aliphatic carbocycles. The van der Waals surface area contributed by atoms with Crippen LogP contribution in [0.3, 0.4) is 0 Å². The number of hydrogen-bond acceptors (Lipinski definition) is 3. The Kier molecular flexibility index (Phi) is 4.12. The maximum atomic E-state index is 9.78. The second-order valence-corrected chi connectivity index (χ2v) is 1.27. The van der Waals surface area contributed by atoms with E-state index in [0.29, 0.717) is 6.29 Å². The van der Waals surface area contributed by atoms with Gasteiger partial charge in [0.05, 0.1) is 0 Å². The van der Waals surface area contributed by atoms with Gasteiger partial charge >= 0.3 is 5.97 Å². The molecule has 0 aromatic rings. The Morgan fingerprint density at radius 2 is 2.33 bits per heavy atom. The molecule has 50 valence electrons. The lowest BCUT2D eigenvalue weighted by Crippen LogP contribution is -2.16. The van der Waals surface area contributed by atoms with Crippen LogP contribution in [0.2, 0.25) is 0 Å². The first kappa shape index (κ1) is 7.68. The van der Waals surface area contributed by atoms with E-state index in [0.717, 1.165) is 0 Å². The highest BCUT2D eigenvalue weighted by Gasteiger charge is 1.88. The van der Waals surface area contributed by atoms with Crippen LogP contribution in [0.5, 0.6) is 0 Å². The second-order valence-electron chi connectivity index (χ2n) is 1.27. The maximum Gasteiger partial charge on any atom is 0.322 e. The molecule has 0 aliphatic heterocycles. The van der Waals surface area contributed by atoms with Gasteiger partial charge in [-0.15, -0.1) is 0 Å². The minimum atomic E-state index is -0.953. The number of carbonyl (C=O) groups is 2. The van der Waals surface area contributed by atoms with E-state index in [1.807, 2.05) is 0 Å². The van der Waals surface area contributed by atoms with Crippen molar-refractivity contribution in [2.75, 3.05) is 6.54 Å². The van der Waals surface area contributed by atoms with E-state index >= 15 is 0 Å². The summed E-state index contributed by atoms with van der Waals surface area (Å²) in [6.07, 6.45) is 3.03. The summed E-state index contributed by atoms with van der Waals surface area (Å²) >= 11 is 0. The predicted molar refractivity (Wildman–Crippen MR) is 30.8 cm³/mol. The Hall–Kier alpha value is -1.32. The number of aliphatic carboxylic acids is 1. The summed E-state index contributed by atoms with van der Waals surface area (Å²) in [4.78, 5) is 19.4. The van der Waals surface area contributed by atoms with Gasteiger partial charge in [0.15, 0.2) is 0 Å². The molecule has 0 unspecified atom stereocenters. The molecule has 9 heavy (non-hydrogen) atoms. The number of nitrogens with one attached hydrogen (secondary N) is 1.